The highest BCUT2D eigenvalue weighted by molar-refractivity contribution is 7.89. The van der Waals surface area contributed by atoms with Crippen LogP contribution in [0, 0.1) is 0 Å². The Balaban J connectivity index is 2.04. The second-order valence-corrected chi connectivity index (χ2v) is 6.70. The van der Waals surface area contributed by atoms with E-state index < -0.39 is 10.0 Å². The van der Waals surface area contributed by atoms with E-state index in [-0.39, 0.29) is 0 Å². The maximum absolute atomic E-state index is 12.4. The summed E-state index contributed by atoms with van der Waals surface area (Å²) in [5.41, 5.74) is 1.15. The third-order valence-corrected chi connectivity index (χ3v) is 5.28. The van der Waals surface area contributed by atoms with Crippen LogP contribution in [0.15, 0.2) is 29.2 Å². The van der Waals surface area contributed by atoms with Gasteiger partial charge in [-0.15, -0.1) is 0 Å². The monoisotopic (exact) mass is 298 g/mol. The Hall–Kier alpha value is -0.950. The first kappa shape index (κ1) is 15.4. The molecule has 5 nitrogen and oxygen atoms in total. The number of rotatable bonds is 6. The molecule has 1 fully saturated rings. The summed E-state index contributed by atoms with van der Waals surface area (Å²) in [6.45, 7) is 5.74. The van der Waals surface area contributed by atoms with Crippen molar-refractivity contribution in [3.63, 3.8) is 0 Å². The number of hydrogen-bond donors (Lipinski definition) is 1. The lowest BCUT2D eigenvalue weighted by atomic mass is 10.1. The van der Waals surface area contributed by atoms with Gasteiger partial charge in [-0.3, -0.25) is 0 Å². The highest BCUT2D eigenvalue weighted by atomic mass is 32.2. The van der Waals surface area contributed by atoms with Crippen molar-refractivity contribution in [2.24, 2.45) is 0 Å². The summed E-state index contributed by atoms with van der Waals surface area (Å²) in [4.78, 5) is 0.367. The average Bonchev–Trinajstić information content (AvgIpc) is 2.49. The lowest BCUT2D eigenvalue weighted by Gasteiger charge is -2.26. The van der Waals surface area contributed by atoms with Gasteiger partial charge >= 0.3 is 0 Å². The topological polar surface area (TPSA) is 58.6 Å². The van der Waals surface area contributed by atoms with Crippen molar-refractivity contribution in [3.05, 3.63) is 29.8 Å². The highest BCUT2D eigenvalue weighted by Crippen LogP contribution is 2.17. The summed E-state index contributed by atoms with van der Waals surface area (Å²) in [7, 11) is -3.37. The zero-order valence-corrected chi connectivity index (χ0v) is 12.7. The van der Waals surface area contributed by atoms with Crippen LogP contribution in [0.3, 0.4) is 0 Å². The second kappa shape index (κ2) is 7.17. The quantitative estimate of drug-likeness (QED) is 0.791. The van der Waals surface area contributed by atoms with E-state index in [4.69, 9.17) is 4.74 Å². The van der Waals surface area contributed by atoms with Crippen LogP contribution in [0.4, 0.5) is 0 Å². The molecule has 0 amide bonds. The van der Waals surface area contributed by atoms with Gasteiger partial charge in [-0.2, -0.15) is 4.31 Å². The lowest BCUT2D eigenvalue weighted by molar-refractivity contribution is 0.0730. The van der Waals surface area contributed by atoms with Gasteiger partial charge in [0.15, 0.2) is 0 Å². The number of nitrogens with one attached hydrogen (secondary N) is 1. The molecule has 0 aromatic heterocycles. The van der Waals surface area contributed by atoms with Crippen molar-refractivity contribution in [1.29, 1.82) is 0 Å². The molecule has 0 spiro atoms. The van der Waals surface area contributed by atoms with Crippen molar-refractivity contribution in [2.75, 3.05) is 39.4 Å². The molecule has 1 heterocycles. The molecular weight excluding hydrogens is 276 g/mol. The molecule has 0 saturated carbocycles. The molecule has 0 unspecified atom stereocenters. The molecule has 0 radical (unpaired) electrons. The first-order chi connectivity index (χ1) is 9.64. The molecule has 0 aliphatic carbocycles. The van der Waals surface area contributed by atoms with Crippen molar-refractivity contribution in [3.8, 4) is 0 Å². The summed E-state index contributed by atoms with van der Waals surface area (Å²) < 4.78 is 31.5. The van der Waals surface area contributed by atoms with Gasteiger partial charge in [0.1, 0.15) is 0 Å². The molecule has 1 N–H and O–H groups in total. The number of morpholine rings is 1. The fourth-order valence-electron chi connectivity index (χ4n) is 2.17. The minimum absolute atomic E-state index is 0.367. The van der Waals surface area contributed by atoms with E-state index in [2.05, 4.69) is 12.2 Å². The maximum Gasteiger partial charge on any atom is 0.243 e. The summed E-state index contributed by atoms with van der Waals surface area (Å²) >= 11 is 0. The molecule has 2 rings (SSSR count). The summed E-state index contributed by atoms with van der Waals surface area (Å²) in [5.74, 6) is 0. The van der Waals surface area contributed by atoms with Gasteiger partial charge in [-0.25, -0.2) is 8.42 Å². The SMILES string of the molecule is CCNCCc1ccc(S(=O)(=O)N2CCOCC2)cc1. The molecule has 1 aromatic carbocycles. The summed E-state index contributed by atoms with van der Waals surface area (Å²) in [6.07, 6.45) is 0.908. The predicted molar refractivity (Wildman–Crippen MR) is 78.3 cm³/mol. The Kier molecular flexibility index (Phi) is 5.54. The minimum Gasteiger partial charge on any atom is -0.379 e. The molecule has 1 aliphatic heterocycles. The van der Waals surface area contributed by atoms with Gasteiger partial charge in [0.2, 0.25) is 10.0 Å². The fraction of sp³-hybridized carbons (Fsp3) is 0.571. The molecule has 112 valence electrons. The van der Waals surface area contributed by atoms with Crippen LogP contribution in [-0.4, -0.2) is 52.1 Å². The molecule has 0 atom stereocenters. The molecular formula is C14H22N2O3S. The van der Waals surface area contributed by atoms with Crippen LogP contribution in [0.25, 0.3) is 0 Å². The lowest BCUT2D eigenvalue weighted by Crippen LogP contribution is -2.40. The van der Waals surface area contributed by atoms with Crippen LogP contribution in [0.1, 0.15) is 12.5 Å². The molecule has 1 saturated heterocycles. The number of sulfonamides is 1. The van der Waals surface area contributed by atoms with E-state index in [1.54, 1.807) is 12.1 Å². The highest BCUT2D eigenvalue weighted by Gasteiger charge is 2.25. The minimum atomic E-state index is -3.37. The van der Waals surface area contributed by atoms with E-state index in [1.807, 2.05) is 12.1 Å². The Bertz CT molecular complexity index is 508. The first-order valence-corrected chi connectivity index (χ1v) is 8.46. The van der Waals surface area contributed by atoms with Crippen LogP contribution in [0.5, 0.6) is 0 Å². The van der Waals surface area contributed by atoms with E-state index in [9.17, 15) is 8.42 Å². The molecule has 20 heavy (non-hydrogen) atoms. The average molecular weight is 298 g/mol. The standard InChI is InChI=1S/C14H22N2O3S/c1-2-15-8-7-13-3-5-14(6-4-13)20(17,18)16-9-11-19-12-10-16/h3-6,15H,2,7-12H2,1H3. The Morgan fingerprint density at radius 3 is 2.45 bits per heavy atom. The van der Waals surface area contributed by atoms with Gasteiger partial charge in [-0.05, 0) is 37.2 Å². The molecule has 6 heteroatoms. The predicted octanol–water partition coefficient (Wildman–Crippen LogP) is 0.860. The number of hydrogen-bond acceptors (Lipinski definition) is 4. The van der Waals surface area contributed by atoms with Gasteiger partial charge in [0, 0.05) is 13.1 Å². The van der Waals surface area contributed by atoms with E-state index in [0.29, 0.717) is 31.2 Å². The van der Waals surface area contributed by atoms with Gasteiger partial charge < -0.3 is 10.1 Å². The number of benzene rings is 1. The Morgan fingerprint density at radius 1 is 1.20 bits per heavy atom. The third-order valence-electron chi connectivity index (χ3n) is 3.37. The number of likely N-dealkylation sites (N-methyl/N-ethyl adjacent to an activating group) is 1. The second-order valence-electron chi connectivity index (χ2n) is 4.76. The number of nitrogens with zero attached hydrogens (tertiary/aromatic N) is 1. The largest absolute Gasteiger partial charge is 0.379 e. The van der Waals surface area contributed by atoms with Gasteiger partial charge in [-0.1, -0.05) is 19.1 Å². The van der Waals surface area contributed by atoms with Gasteiger partial charge in [0.05, 0.1) is 18.1 Å². The Labute approximate surface area is 121 Å². The van der Waals surface area contributed by atoms with Crippen LogP contribution in [0.2, 0.25) is 0 Å². The van der Waals surface area contributed by atoms with E-state index >= 15 is 0 Å². The molecule has 1 aliphatic rings. The third kappa shape index (κ3) is 3.79. The van der Waals surface area contributed by atoms with Gasteiger partial charge in [0.25, 0.3) is 0 Å². The number of ether oxygens (including phenoxy) is 1. The van der Waals surface area contributed by atoms with Crippen molar-refractivity contribution in [2.45, 2.75) is 18.2 Å². The van der Waals surface area contributed by atoms with E-state index in [0.717, 1.165) is 25.1 Å². The fourth-order valence-corrected chi connectivity index (χ4v) is 3.58. The zero-order chi connectivity index (χ0) is 14.4. The van der Waals surface area contributed by atoms with Crippen LogP contribution >= 0.6 is 0 Å². The molecule has 0 bridgehead atoms. The van der Waals surface area contributed by atoms with Crippen LogP contribution < -0.4 is 5.32 Å². The Morgan fingerprint density at radius 2 is 1.85 bits per heavy atom. The van der Waals surface area contributed by atoms with Crippen molar-refractivity contribution < 1.29 is 13.2 Å². The summed E-state index contributed by atoms with van der Waals surface area (Å²) in [6, 6.07) is 7.19. The van der Waals surface area contributed by atoms with Crippen LogP contribution in [-0.2, 0) is 21.2 Å². The smallest absolute Gasteiger partial charge is 0.243 e. The van der Waals surface area contributed by atoms with Crippen molar-refractivity contribution >= 4 is 10.0 Å². The maximum atomic E-state index is 12.4. The summed E-state index contributed by atoms with van der Waals surface area (Å²) in [5, 5.41) is 3.25. The van der Waals surface area contributed by atoms with E-state index in [1.165, 1.54) is 4.31 Å². The zero-order valence-electron chi connectivity index (χ0n) is 11.8. The normalized spacial score (nSPS) is 17.2. The molecule has 1 aromatic rings. The van der Waals surface area contributed by atoms with Crippen molar-refractivity contribution in [1.82, 2.24) is 9.62 Å². The first-order valence-electron chi connectivity index (χ1n) is 7.02.